The van der Waals surface area contributed by atoms with Crippen LogP contribution in [0.1, 0.15) is 31.4 Å². The lowest BCUT2D eigenvalue weighted by molar-refractivity contribution is -0.139. The summed E-state index contributed by atoms with van der Waals surface area (Å²) in [6, 6.07) is 6.29. The zero-order valence-electron chi connectivity index (χ0n) is 11.8. The third kappa shape index (κ3) is 6.21. The Morgan fingerprint density at radius 1 is 1.42 bits per heavy atom. The molecule has 0 fully saturated rings. The third-order valence-electron chi connectivity index (χ3n) is 3.12. The Morgan fingerprint density at radius 3 is 2.74 bits per heavy atom. The Hall–Kier alpha value is -0.870. The molecule has 0 aliphatic rings. The molecule has 1 aromatic carbocycles. The lowest BCUT2D eigenvalue weighted by Gasteiger charge is -2.22. The van der Waals surface area contributed by atoms with Crippen molar-refractivity contribution in [1.29, 1.82) is 0 Å². The van der Waals surface area contributed by atoms with Gasteiger partial charge in [-0.05, 0) is 48.6 Å². The summed E-state index contributed by atoms with van der Waals surface area (Å²) in [7, 11) is 0. The summed E-state index contributed by atoms with van der Waals surface area (Å²) in [5, 5.41) is 12.2. The molecule has 4 heteroatoms. The number of carboxylic acids is 1. The first-order chi connectivity index (χ1) is 8.80. The predicted molar refractivity (Wildman–Crippen MR) is 81.5 cm³/mol. The van der Waals surface area contributed by atoms with Crippen molar-refractivity contribution in [3.05, 3.63) is 33.8 Å². The van der Waals surface area contributed by atoms with E-state index in [9.17, 15) is 4.79 Å². The summed E-state index contributed by atoms with van der Waals surface area (Å²) < 4.78 is 1.10. The molecule has 106 valence electrons. The lowest BCUT2D eigenvalue weighted by Crippen LogP contribution is -2.32. The molecule has 0 aliphatic heterocycles. The standard InChI is InChI=1S/C15H22BrNO2/c1-11-4-5-13(16)8-12(11)6-7-17-10-15(2,3)9-14(18)19/h4-5,8,17H,6-7,9-10H2,1-3H3,(H,18,19). The van der Waals surface area contributed by atoms with Gasteiger partial charge < -0.3 is 10.4 Å². The molecule has 0 aromatic heterocycles. The minimum absolute atomic E-state index is 0.190. The van der Waals surface area contributed by atoms with Crippen LogP contribution in [0.2, 0.25) is 0 Å². The first-order valence-corrected chi connectivity index (χ1v) is 7.27. The van der Waals surface area contributed by atoms with Crippen molar-refractivity contribution in [2.24, 2.45) is 5.41 Å². The van der Waals surface area contributed by atoms with Gasteiger partial charge in [0, 0.05) is 11.0 Å². The van der Waals surface area contributed by atoms with Gasteiger partial charge in [-0.25, -0.2) is 0 Å². The fraction of sp³-hybridized carbons (Fsp3) is 0.533. The Kier molecular flexibility index (Phi) is 6.01. The van der Waals surface area contributed by atoms with Gasteiger partial charge in [0.1, 0.15) is 0 Å². The van der Waals surface area contributed by atoms with Gasteiger partial charge in [0.05, 0.1) is 6.42 Å². The molecule has 0 saturated carbocycles. The highest BCUT2D eigenvalue weighted by atomic mass is 79.9. The lowest BCUT2D eigenvalue weighted by atomic mass is 9.89. The number of hydrogen-bond acceptors (Lipinski definition) is 2. The first-order valence-electron chi connectivity index (χ1n) is 6.48. The smallest absolute Gasteiger partial charge is 0.303 e. The second-order valence-electron chi connectivity index (χ2n) is 5.73. The molecule has 0 bridgehead atoms. The zero-order valence-corrected chi connectivity index (χ0v) is 13.4. The van der Waals surface area contributed by atoms with Gasteiger partial charge in [-0.3, -0.25) is 4.79 Å². The molecular weight excluding hydrogens is 306 g/mol. The highest BCUT2D eigenvalue weighted by Gasteiger charge is 2.20. The maximum atomic E-state index is 10.7. The van der Waals surface area contributed by atoms with Crippen LogP contribution in [-0.2, 0) is 11.2 Å². The molecule has 0 radical (unpaired) electrons. The van der Waals surface area contributed by atoms with E-state index in [1.165, 1.54) is 11.1 Å². The van der Waals surface area contributed by atoms with E-state index in [-0.39, 0.29) is 11.8 Å². The largest absolute Gasteiger partial charge is 0.481 e. The predicted octanol–water partition coefficient (Wildman–Crippen LogP) is 3.39. The number of carboxylic acid groups (broad SMARTS) is 1. The maximum absolute atomic E-state index is 10.7. The number of benzene rings is 1. The van der Waals surface area contributed by atoms with Gasteiger partial charge >= 0.3 is 5.97 Å². The minimum atomic E-state index is -0.741. The topological polar surface area (TPSA) is 49.3 Å². The van der Waals surface area contributed by atoms with Crippen LogP contribution < -0.4 is 5.32 Å². The minimum Gasteiger partial charge on any atom is -0.481 e. The van der Waals surface area contributed by atoms with Crippen molar-refractivity contribution in [1.82, 2.24) is 5.32 Å². The Labute approximate surface area is 123 Å². The van der Waals surface area contributed by atoms with Gasteiger partial charge in [0.2, 0.25) is 0 Å². The van der Waals surface area contributed by atoms with Crippen molar-refractivity contribution in [2.75, 3.05) is 13.1 Å². The van der Waals surface area contributed by atoms with Crippen LogP contribution in [0.3, 0.4) is 0 Å². The van der Waals surface area contributed by atoms with Gasteiger partial charge in [-0.1, -0.05) is 35.8 Å². The second kappa shape index (κ2) is 7.06. The van der Waals surface area contributed by atoms with E-state index >= 15 is 0 Å². The van der Waals surface area contributed by atoms with E-state index in [1.807, 2.05) is 19.9 Å². The van der Waals surface area contributed by atoms with Crippen LogP contribution >= 0.6 is 15.9 Å². The Morgan fingerprint density at radius 2 is 2.11 bits per heavy atom. The summed E-state index contributed by atoms with van der Waals surface area (Å²) in [4.78, 5) is 10.7. The molecule has 0 saturated heterocycles. The van der Waals surface area contributed by atoms with Crippen LogP contribution in [0.5, 0.6) is 0 Å². The summed E-state index contributed by atoms with van der Waals surface area (Å²) in [6.07, 6.45) is 1.14. The Balaban J connectivity index is 2.38. The van der Waals surface area contributed by atoms with Crippen LogP contribution in [0, 0.1) is 12.3 Å². The summed E-state index contributed by atoms with van der Waals surface area (Å²) >= 11 is 3.48. The SMILES string of the molecule is Cc1ccc(Br)cc1CCNCC(C)(C)CC(=O)O. The summed E-state index contributed by atoms with van der Waals surface area (Å²) in [5.74, 6) is -0.741. The number of aryl methyl sites for hydroxylation is 1. The Bertz CT molecular complexity index is 444. The quantitative estimate of drug-likeness (QED) is 0.755. The molecule has 19 heavy (non-hydrogen) atoms. The van der Waals surface area contributed by atoms with E-state index < -0.39 is 5.97 Å². The van der Waals surface area contributed by atoms with E-state index in [1.54, 1.807) is 0 Å². The fourth-order valence-electron chi connectivity index (χ4n) is 2.03. The molecule has 0 unspecified atom stereocenters. The van der Waals surface area contributed by atoms with Crippen molar-refractivity contribution in [3.63, 3.8) is 0 Å². The molecule has 0 amide bonds. The molecule has 1 rings (SSSR count). The monoisotopic (exact) mass is 327 g/mol. The normalized spacial score (nSPS) is 11.6. The molecule has 0 heterocycles. The average molecular weight is 328 g/mol. The molecule has 2 N–H and O–H groups in total. The second-order valence-corrected chi connectivity index (χ2v) is 6.65. The van der Waals surface area contributed by atoms with E-state index in [0.29, 0.717) is 6.54 Å². The third-order valence-corrected chi connectivity index (χ3v) is 3.61. The molecule has 0 aliphatic carbocycles. The molecule has 3 nitrogen and oxygen atoms in total. The summed E-state index contributed by atoms with van der Waals surface area (Å²) in [5.41, 5.74) is 2.39. The van der Waals surface area contributed by atoms with Gasteiger partial charge in [-0.15, -0.1) is 0 Å². The molecular formula is C15H22BrNO2. The molecule has 1 aromatic rings. The highest BCUT2D eigenvalue weighted by Crippen LogP contribution is 2.19. The van der Waals surface area contributed by atoms with E-state index in [2.05, 4.69) is 40.3 Å². The average Bonchev–Trinajstić information content (AvgIpc) is 2.27. The van der Waals surface area contributed by atoms with Crippen molar-refractivity contribution in [2.45, 2.75) is 33.6 Å². The zero-order chi connectivity index (χ0) is 14.5. The number of halogens is 1. The molecule has 0 atom stereocenters. The van der Waals surface area contributed by atoms with Crippen molar-refractivity contribution < 1.29 is 9.90 Å². The van der Waals surface area contributed by atoms with Crippen molar-refractivity contribution >= 4 is 21.9 Å². The first kappa shape index (κ1) is 16.2. The number of hydrogen-bond donors (Lipinski definition) is 2. The van der Waals surface area contributed by atoms with Crippen LogP contribution in [0.4, 0.5) is 0 Å². The van der Waals surface area contributed by atoms with Gasteiger partial charge in [0.15, 0.2) is 0 Å². The van der Waals surface area contributed by atoms with E-state index in [0.717, 1.165) is 17.4 Å². The fourth-order valence-corrected chi connectivity index (χ4v) is 2.44. The van der Waals surface area contributed by atoms with Crippen molar-refractivity contribution in [3.8, 4) is 0 Å². The van der Waals surface area contributed by atoms with Gasteiger partial charge in [-0.2, -0.15) is 0 Å². The van der Waals surface area contributed by atoms with Crippen LogP contribution in [0.15, 0.2) is 22.7 Å². The number of aliphatic carboxylic acids is 1. The number of carbonyl (C=O) groups is 1. The van der Waals surface area contributed by atoms with E-state index in [4.69, 9.17) is 5.11 Å². The summed E-state index contributed by atoms with van der Waals surface area (Å²) in [6.45, 7) is 7.62. The van der Waals surface area contributed by atoms with Gasteiger partial charge in [0.25, 0.3) is 0 Å². The number of rotatable bonds is 7. The van der Waals surface area contributed by atoms with Crippen LogP contribution in [-0.4, -0.2) is 24.2 Å². The highest BCUT2D eigenvalue weighted by molar-refractivity contribution is 9.10. The maximum Gasteiger partial charge on any atom is 0.303 e. The van der Waals surface area contributed by atoms with Crippen LogP contribution in [0.25, 0.3) is 0 Å². The molecule has 0 spiro atoms. The number of nitrogens with one attached hydrogen (secondary N) is 1.